The summed E-state index contributed by atoms with van der Waals surface area (Å²) in [6, 6.07) is 8.26. The van der Waals surface area contributed by atoms with E-state index in [1.54, 1.807) is 28.9 Å². The fourth-order valence-electron chi connectivity index (χ4n) is 3.46. The molecular formula is C20H20N8O2. The van der Waals surface area contributed by atoms with Crippen molar-refractivity contribution >= 4 is 16.8 Å². The maximum absolute atomic E-state index is 9.07. The third kappa shape index (κ3) is 3.31. The quantitative estimate of drug-likeness (QED) is 0.438. The van der Waals surface area contributed by atoms with E-state index < -0.39 is 0 Å². The van der Waals surface area contributed by atoms with Crippen molar-refractivity contribution in [3.05, 3.63) is 60.3 Å². The first-order valence-electron chi connectivity index (χ1n) is 9.53. The van der Waals surface area contributed by atoms with Crippen LogP contribution in [0, 0.1) is 0 Å². The van der Waals surface area contributed by atoms with Gasteiger partial charge in [-0.3, -0.25) is 4.68 Å². The highest BCUT2D eigenvalue weighted by atomic mass is 16.5. The number of pyridine rings is 1. The van der Waals surface area contributed by atoms with Crippen molar-refractivity contribution < 1.29 is 9.84 Å². The van der Waals surface area contributed by atoms with Crippen LogP contribution >= 0.6 is 0 Å². The molecule has 5 rings (SSSR count). The molecule has 0 saturated carbocycles. The van der Waals surface area contributed by atoms with E-state index in [0.717, 1.165) is 22.3 Å². The maximum atomic E-state index is 9.07. The maximum Gasteiger partial charge on any atom is 0.221 e. The monoisotopic (exact) mass is 404 g/mol. The number of nitrogens with zero attached hydrogens (tertiary/aromatic N) is 8. The van der Waals surface area contributed by atoms with Gasteiger partial charge >= 0.3 is 0 Å². The Morgan fingerprint density at radius 1 is 1.10 bits per heavy atom. The summed E-state index contributed by atoms with van der Waals surface area (Å²) in [5.41, 5.74) is 5.85. The van der Waals surface area contributed by atoms with Crippen molar-refractivity contribution in [2.45, 2.75) is 19.7 Å². The van der Waals surface area contributed by atoms with Crippen LogP contribution in [0.2, 0.25) is 0 Å². The van der Waals surface area contributed by atoms with E-state index in [2.05, 4.69) is 55.3 Å². The van der Waals surface area contributed by atoms with Crippen molar-refractivity contribution in [1.82, 2.24) is 39.1 Å². The molecule has 0 aromatic carbocycles. The largest absolute Gasteiger partial charge is 0.394 e. The molecular weight excluding hydrogens is 384 g/mol. The van der Waals surface area contributed by atoms with Crippen molar-refractivity contribution in [3.8, 4) is 11.3 Å². The lowest BCUT2D eigenvalue weighted by atomic mass is 10.2. The topological polar surface area (TPSA) is 108 Å². The Labute approximate surface area is 171 Å². The SMILES string of the molecule is COCc1ccc2ccc(Cn3nnc4ncc(-c5cnn(CCO)c5)nc43)cn12. The van der Waals surface area contributed by atoms with Crippen LogP contribution in [0.15, 0.2) is 49.1 Å². The van der Waals surface area contributed by atoms with Gasteiger partial charge in [0, 0.05) is 36.3 Å². The smallest absolute Gasteiger partial charge is 0.221 e. The average Bonchev–Trinajstić information content (AvgIpc) is 3.48. The van der Waals surface area contributed by atoms with Crippen LogP contribution in [-0.2, 0) is 24.4 Å². The third-order valence-electron chi connectivity index (χ3n) is 4.91. The van der Waals surface area contributed by atoms with Crippen LogP contribution in [0.5, 0.6) is 0 Å². The second-order valence-corrected chi connectivity index (χ2v) is 6.96. The van der Waals surface area contributed by atoms with Gasteiger partial charge in [0.1, 0.15) is 0 Å². The Kier molecular flexibility index (Phi) is 4.69. The molecule has 10 heteroatoms. The van der Waals surface area contributed by atoms with Crippen LogP contribution in [0.25, 0.3) is 28.1 Å². The minimum atomic E-state index is 0.0281. The fourth-order valence-corrected chi connectivity index (χ4v) is 3.46. The number of rotatable bonds is 7. The first-order chi connectivity index (χ1) is 14.7. The summed E-state index contributed by atoms with van der Waals surface area (Å²) in [7, 11) is 1.69. The molecule has 1 N–H and O–H groups in total. The first kappa shape index (κ1) is 18.4. The van der Waals surface area contributed by atoms with E-state index in [1.165, 1.54) is 0 Å². The number of hydrogen-bond donors (Lipinski definition) is 1. The number of methoxy groups -OCH3 is 1. The highest BCUT2D eigenvalue weighted by molar-refractivity contribution is 5.69. The van der Waals surface area contributed by atoms with E-state index >= 15 is 0 Å². The predicted octanol–water partition coefficient (Wildman–Crippen LogP) is 1.52. The molecule has 5 aromatic rings. The lowest BCUT2D eigenvalue weighted by Crippen LogP contribution is -2.05. The number of fused-ring (bicyclic) bond motifs is 2. The van der Waals surface area contributed by atoms with E-state index in [-0.39, 0.29) is 6.61 Å². The van der Waals surface area contributed by atoms with Gasteiger partial charge < -0.3 is 14.2 Å². The molecule has 152 valence electrons. The predicted molar refractivity (Wildman–Crippen MR) is 109 cm³/mol. The van der Waals surface area contributed by atoms with Gasteiger partial charge in [-0.05, 0) is 23.8 Å². The van der Waals surface area contributed by atoms with Gasteiger partial charge in [-0.1, -0.05) is 11.3 Å². The molecule has 30 heavy (non-hydrogen) atoms. The zero-order valence-corrected chi connectivity index (χ0v) is 16.4. The van der Waals surface area contributed by atoms with E-state index in [4.69, 9.17) is 14.8 Å². The Bertz CT molecular complexity index is 1320. The normalized spacial score (nSPS) is 11.7. The third-order valence-corrected chi connectivity index (χ3v) is 4.91. The van der Waals surface area contributed by atoms with Gasteiger partial charge in [-0.25, -0.2) is 14.6 Å². The molecule has 0 saturated heterocycles. The first-order valence-corrected chi connectivity index (χ1v) is 9.53. The second-order valence-electron chi connectivity index (χ2n) is 6.96. The summed E-state index contributed by atoms with van der Waals surface area (Å²) in [6.07, 6.45) is 7.27. The van der Waals surface area contributed by atoms with Crippen LogP contribution in [0.1, 0.15) is 11.3 Å². The lowest BCUT2D eigenvalue weighted by Gasteiger charge is -2.07. The van der Waals surface area contributed by atoms with E-state index in [0.29, 0.717) is 36.7 Å². The Morgan fingerprint density at radius 2 is 2.00 bits per heavy atom. The molecule has 0 aliphatic rings. The van der Waals surface area contributed by atoms with Gasteiger partial charge in [-0.2, -0.15) is 5.10 Å². The van der Waals surface area contributed by atoms with Crippen molar-refractivity contribution in [3.63, 3.8) is 0 Å². The molecule has 0 radical (unpaired) electrons. The Morgan fingerprint density at radius 3 is 2.87 bits per heavy atom. The minimum absolute atomic E-state index is 0.0281. The summed E-state index contributed by atoms with van der Waals surface area (Å²) in [4.78, 5) is 9.10. The molecule has 0 unspecified atom stereocenters. The highest BCUT2D eigenvalue weighted by Gasteiger charge is 2.12. The van der Waals surface area contributed by atoms with Crippen LogP contribution in [0.4, 0.5) is 0 Å². The van der Waals surface area contributed by atoms with Gasteiger partial charge in [-0.15, -0.1) is 5.10 Å². The number of aliphatic hydroxyl groups excluding tert-OH is 1. The van der Waals surface area contributed by atoms with Crippen LogP contribution < -0.4 is 0 Å². The van der Waals surface area contributed by atoms with E-state index in [1.807, 2.05) is 6.20 Å². The average molecular weight is 404 g/mol. The highest BCUT2D eigenvalue weighted by Crippen LogP contribution is 2.19. The van der Waals surface area contributed by atoms with Gasteiger partial charge in [0.25, 0.3) is 0 Å². The number of aromatic nitrogens is 8. The molecule has 0 spiro atoms. The van der Waals surface area contributed by atoms with Crippen molar-refractivity contribution in [1.29, 1.82) is 0 Å². The lowest BCUT2D eigenvalue weighted by molar-refractivity contribution is 0.181. The standard InChI is InChI=1S/C20H20N8O2/c1-30-13-17-5-4-16-3-2-14(10-27(16)17)11-28-20-19(24-25-28)21-9-18(23-20)15-8-22-26(12-15)6-7-29/h2-5,8-10,12,29H,6-7,11,13H2,1H3. The molecule has 0 aliphatic heterocycles. The summed E-state index contributed by atoms with van der Waals surface area (Å²) in [5.74, 6) is 0. The zero-order valence-electron chi connectivity index (χ0n) is 16.4. The molecule has 0 atom stereocenters. The summed E-state index contributed by atoms with van der Waals surface area (Å²) >= 11 is 0. The fraction of sp³-hybridized carbons (Fsp3) is 0.250. The molecule has 0 fully saturated rings. The molecule has 5 aromatic heterocycles. The minimum Gasteiger partial charge on any atom is -0.394 e. The molecule has 0 amide bonds. The molecule has 5 heterocycles. The number of ether oxygens (including phenoxy) is 1. The summed E-state index contributed by atoms with van der Waals surface area (Å²) in [6.45, 7) is 1.52. The van der Waals surface area contributed by atoms with E-state index in [9.17, 15) is 0 Å². The van der Waals surface area contributed by atoms with Crippen molar-refractivity contribution in [2.24, 2.45) is 0 Å². The molecule has 10 nitrogen and oxygen atoms in total. The van der Waals surface area contributed by atoms with Gasteiger partial charge in [0.2, 0.25) is 5.65 Å². The molecule has 0 aliphatic carbocycles. The van der Waals surface area contributed by atoms with Crippen LogP contribution in [-0.4, -0.2) is 58.0 Å². The number of aliphatic hydroxyl groups is 1. The van der Waals surface area contributed by atoms with Crippen molar-refractivity contribution in [2.75, 3.05) is 13.7 Å². The van der Waals surface area contributed by atoms with Gasteiger partial charge in [0.15, 0.2) is 5.65 Å². The summed E-state index contributed by atoms with van der Waals surface area (Å²) in [5, 5.41) is 21.7. The second kappa shape index (κ2) is 7.65. The Hall–Kier alpha value is -3.63. The van der Waals surface area contributed by atoms with Crippen LogP contribution in [0.3, 0.4) is 0 Å². The van der Waals surface area contributed by atoms with Gasteiger partial charge in [0.05, 0.1) is 44.4 Å². The Balaban J connectivity index is 1.48. The zero-order chi connectivity index (χ0) is 20.5. The molecule has 0 bridgehead atoms. The summed E-state index contributed by atoms with van der Waals surface area (Å²) < 4.78 is 10.8. The number of hydrogen-bond acceptors (Lipinski definition) is 7.